The molecule has 1 N–H and O–H groups in total. The number of nitrogens with zero attached hydrogens (tertiary/aromatic N) is 4. The van der Waals surface area contributed by atoms with Gasteiger partial charge >= 0.3 is 5.97 Å². The Hall–Kier alpha value is -2.44. The van der Waals surface area contributed by atoms with E-state index in [9.17, 15) is 9.59 Å². The van der Waals surface area contributed by atoms with Crippen LogP contribution in [0.25, 0.3) is 11.0 Å². The second kappa shape index (κ2) is 7.05. The molecule has 0 atom stereocenters. The van der Waals surface area contributed by atoms with Gasteiger partial charge in [0.25, 0.3) is 5.91 Å². The number of carbonyl (C=O) groups is 2. The summed E-state index contributed by atoms with van der Waals surface area (Å²) < 4.78 is 1.84. The van der Waals surface area contributed by atoms with E-state index < -0.39 is 5.97 Å². The second-order valence-electron chi connectivity index (χ2n) is 7.83. The van der Waals surface area contributed by atoms with Crippen LogP contribution in [0.4, 0.5) is 0 Å². The van der Waals surface area contributed by atoms with Gasteiger partial charge in [0.2, 0.25) is 0 Å². The number of likely N-dealkylation sites (N-methyl/N-ethyl adjacent to an activating group) is 1. The van der Waals surface area contributed by atoms with Gasteiger partial charge in [0.1, 0.15) is 6.54 Å². The lowest BCUT2D eigenvalue weighted by Crippen LogP contribution is -2.35. The third-order valence-electron chi connectivity index (χ3n) is 4.28. The van der Waals surface area contributed by atoms with Gasteiger partial charge in [-0.2, -0.15) is 5.10 Å². The number of rotatable bonds is 5. The van der Waals surface area contributed by atoms with Crippen LogP contribution in [0.3, 0.4) is 0 Å². The van der Waals surface area contributed by atoms with Crippen LogP contribution in [-0.2, 0) is 10.3 Å². The summed E-state index contributed by atoms with van der Waals surface area (Å²) >= 11 is 0. The van der Waals surface area contributed by atoms with Gasteiger partial charge in [-0.3, -0.25) is 9.59 Å². The van der Waals surface area contributed by atoms with E-state index in [1.165, 1.54) is 4.90 Å². The van der Waals surface area contributed by atoms with E-state index in [0.717, 1.165) is 5.69 Å². The normalized spacial score (nSPS) is 12.0. The summed E-state index contributed by atoms with van der Waals surface area (Å²) in [6.07, 6.45) is 0. The van der Waals surface area contributed by atoms with Crippen molar-refractivity contribution in [2.24, 2.45) is 0 Å². The van der Waals surface area contributed by atoms with E-state index in [0.29, 0.717) is 28.8 Å². The number of aliphatic carboxylic acids is 1. The van der Waals surface area contributed by atoms with Crippen LogP contribution in [-0.4, -0.2) is 49.7 Å². The predicted octanol–water partition coefficient (Wildman–Crippen LogP) is 3.16. The number of aryl methyl sites for hydroxylation is 1. The Kier molecular flexibility index (Phi) is 5.39. The van der Waals surface area contributed by atoms with Crippen LogP contribution in [0.1, 0.15) is 69.2 Å². The minimum Gasteiger partial charge on any atom is -0.480 e. The third kappa shape index (κ3) is 3.71. The molecular formula is C19H28N4O3. The van der Waals surface area contributed by atoms with Crippen LogP contribution in [0.15, 0.2) is 6.07 Å². The Morgan fingerprint density at radius 1 is 1.31 bits per heavy atom. The molecule has 2 aromatic rings. The summed E-state index contributed by atoms with van der Waals surface area (Å²) in [5, 5.41) is 14.4. The number of hydrogen-bond donors (Lipinski definition) is 1. The van der Waals surface area contributed by atoms with Crippen LogP contribution < -0.4 is 0 Å². The Morgan fingerprint density at radius 2 is 1.92 bits per heavy atom. The average Bonchev–Trinajstić information content (AvgIpc) is 2.88. The molecule has 2 rings (SSSR count). The zero-order valence-electron chi connectivity index (χ0n) is 16.6. The van der Waals surface area contributed by atoms with Crippen LogP contribution >= 0.6 is 0 Å². The topological polar surface area (TPSA) is 88.3 Å². The zero-order chi connectivity index (χ0) is 19.8. The minimum atomic E-state index is -1.03. The lowest BCUT2D eigenvalue weighted by molar-refractivity contribution is -0.137. The van der Waals surface area contributed by atoms with Crippen molar-refractivity contribution in [2.45, 2.75) is 59.9 Å². The van der Waals surface area contributed by atoms with Gasteiger partial charge in [0.05, 0.1) is 22.2 Å². The molecule has 0 fully saturated rings. The number of fused-ring (bicyclic) bond motifs is 1. The average molecular weight is 360 g/mol. The maximum atomic E-state index is 13.1. The minimum absolute atomic E-state index is 0.129. The number of hydrogen-bond acceptors (Lipinski definition) is 4. The molecule has 2 heterocycles. The standard InChI is InChI=1S/C19H28N4O3/c1-8-22(10-15(24)25)18(26)13-9-14(11(2)3)20-17-16(13)12(4)21-23(17)19(5,6)7/h9,11H,8,10H2,1-7H3,(H,24,25). The molecule has 2 aromatic heterocycles. The SMILES string of the molecule is CCN(CC(=O)O)C(=O)c1cc(C(C)C)nc2c1c(C)nn2C(C)(C)C. The molecular weight excluding hydrogens is 332 g/mol. The molecule has 0 spiro atoms. The van der Waals surface area contributed by atoms with Gasteiger partial charge in [0, 0.05) is 12.2 Å². The molecule has 0 radical (unpaired) electrons. The van der Waals surface area contributed by atoms with Gasteiger partial charge in [-0.25, -0.2) is 9.67 Å². The highest BCUT2D eigenvalue weighted by Crippen LogP contribution is 2.29. The summed E-state index contributed by atoms with van der Waals surface area (Å²) in [6, 6.07) is 1.78. The van der Waals surface area contributed by atoms with Crippen molar-refractivity contribution < 1.29 is 14.7 Å². The Balaban J connectivity index is 2.77. The number of aromatic nitrogens is 3. The highest BCUT2D eigenvalue weighted by molar-refractivity contribution is 6.07. The smallest absolute Gasteiger partial charge is 0.323 e. The molecule has 0 aliphatic rings. The number of amides is 1. The van der Waals surface area contributed by atoms with E-state index in [1.54, 1.807) is 13.0 Å². The van der Waals surface area contributed by atoms with E-state index in [1.807, 2.05) is 46.2 Å². The molecule has 0 aromatic carbocycles. The van der Waals surface area contributed by atoms with Gasteiger partial charge < -0.3 is 10.0 Å². The number of carbonyl (C=O) groups excluding carboxylic acids is 1. The molecule has 0 bridgehead atoms. The van der Waals surface area contributed by atoms with Crippen molar-refractivity contribution >= 4 is 22.9 Å². The molecule has 0 saturated heterocycles. The first-order valence-electron chi connectivity index (χ1n) is 8.89. The van der Waals surface area contributed by atoms with Crippen LogP contribution in [0.5, 0.6) is 0 Å². The fourth-order valence-electron chi connectivity index (χ4n) is 2.90. The molecule has 0 saturated carbocycles. The highest BCUT2D eigenvalue weighted by Gasteiger charge is 2.27. The molecule has 0 aliphatic carbocycles. The van der Waals surface area contributed by atoms with E-state index >= 15 is 0 Å². The summed E-state index contributed by atoms with van der Waals surface area (Å²) in [4.78, 5) is 30.3. The third-order valence-corrected chi connectivity index (χ3v) is 4.28. The highest BCUT2D eigenvalue weighted by atomic mass is 16.4. The maximum absolute atomic E-state index is 13.1. The Bertz CT molecular complexity index is 847. The Morgan fingerprint density at radius 3 is 2.38 bits per heavy atom. The van der Waals surface area contributed by atoms with Gasteiger partial charge in [-0.1, -0.05) is 13.8 Å². The molecule has 26 heavy (non-hydrogen) atoms. The number of pyridine rings is 1. The van der Waals surface area contributed by atoms with Crippen LogP contribution in [0, 0.1) is 6.92 Å². The van der Waals surface area contributed by atoms with Gasteiger partial charge in [0.15, 0.2) is 5.65 Å². The largest absolute Gasteiger partial charge is 0.480 e. The first-order chi connectivity index (χ1) is 12.0. The van der Waals surface area contributed by atoms with Crippen molar-refractivity contribution in [3.8, 4) is 0 Å². The number of carboxylic acid groups (broad SMARTS) is 1. The van der Waals surface area contributed by atoms with E-state index in [4.69, 9.17) is 10.1 Å². The van der Waals surface area contributed by atoms with Crippen molar-refractivity contribution in [2.75, 3.05) is 13.1 Å². The Labute approximate surface area is 154 Å². The van der Waals surface area contributed by atoms with Crippen LogP contribution in [0.2, 0.25) is 0 Å². The predicted molar refractivity (Wildman–Crippen MR) is 101 cm³/mol. The van der Waals surface area contributed by atoms with Crippen molar-refractivity contribution in [1.29, 1.82) is 0 Å². The van der Waals surface area contributed by atoms with Crippen molar-refractivity contribution in [1.82, 2.24) is 19.7 Å². The molecule has 7 nitrogen and oxygen atoms in total. The maximum Gasteiger partial charge on any atom is 0.323 e. The summed E-state index contributed by atoms with van der Waals surface area (Å²) in [6.45, 7) is 13.7. The first kappa shape index (κ1) is 19.9. The van der Waals surface area contributed by atoms with E-state index in [2.05, 4.69) is 5.10 Å². The summed E-state index contributed by atoms with van der Waals surface area (Å²) in [5.41, 5.74) is 2.34. The quantitative estimate of drug-likeness (QED) is 0.885. The fraction of sp³-hybridized carbons (Fsp3) is 0.579. The fourth-order valence-corrected chi connectivity index (χ4v) is 2.90. The summed E-state index contributed by atoms with van der Waals surface area (Å²) in [7, 11) is 0. The lowest BCUT2D eigenvalue weighted by Gasteiger charge is -2.22. The van der Waals surface area contributed by atoms with Crippen molar-refractivity contribution in [3.63, 3.8) is 0 Å². The zero-order valence-corrected chi connectivity index (χ0v) is 16.6. The molecule has 142 valence electrons. The number of carboxylic acids is 1. The first-order valence-corrected chi connectivity index (χ1v) is 8.89. The molecule has 0 aliphatic heterocycles. The lowest BCUT2D eigenvalue weighted by atomic mass is 10.0. The van der Waals surface area contributed by atoms with Gasteiger partial charge in [-0.05, 0) is 46.6 Å². The molecule has 7 heteroatoms. The molecule has 1 amide bonds. The molecule has 0 unspecified atom stereocenters. The second-order valence-corrected chi connectivity index (χ2v) is 7.83. The van der Waals surface area contributed by atoms with Gasteiger partial charge in [-0.15, -0.1) is 0 Å². The monoisotopic (exact) mass is 360 g/mol. The van der Waals surface area contributed by atoms with E-state index in [-0.39, 0.29) is 23.9 Å². The van der Waals surface area contributed by atoms with Crippen molar-refractivity contribution in [3.05, 3.63) is 23.0 Å². The summed E-state index contributed by atoms with van der Waals surface area (Å²) in [5.74, 6) is -1.21.